The van der Waals surface area contributed by atoms with E-state index in [9.17, 15) is 9.59 Å². The van der Waals surface area contributed by atoms with Crippen LogP contribution in [0.3, 0.4) is 0 Å². The van der Waals surface area contributed by atoms with E-state index in [0.717, 1.165) is 10.2 Å². The predicted molar refractivity (Wildman–Crippen MR) is 137 cm³/mol. The van der Waals surface area contributed by atoms with E-state index in [1.807, 2.05) is 24.3 Å². The Hall–Kier alpha value is -0.930. The standard InChI is InChI=1S/C11H9NO2S3.2C6H13N/c13-9(15)5-6(11(14)16)10-12-7-3-1-2-4-8(7)17-10;2*7-6-4-2-1-3-5-6/h1-4,6H,5H2,(H,13,15)(H,14,16);2*6H,1-5,7H2. The topological polar surface area (TPSA) is 99.1 Å². The number of para-hydroxylation sites is 1. The molecule has 1 aromatic carbocycles. The summed E-state index contributed by atoms with van der Waals surface area (Å²) in [5.74, 6) is -0.597. The third-order valence-corrected chi connectivity index (χ3v) is 7.23. The normalized spacial score (nSPS) is 18.3. The van der Waals surface area contributed by atoms with Crippen molar-refractivity contribution < 1.29 is 9.59 Å². The average Bonchev–Trinajstić information content (AvgIpc) is 3.17. The molecule has 2 aliphatic carbocycles. The summed E-state index contributed by atoms with van der Waals surface area (Å²) in [4.78, 5) is 26.8. The summed E-state index contributed by atoms with van der Waals surface area (Å²) in [5.41, 5.74) is 12.1. The molecule has 2 aliphatic rings. The molecule has 1 unspecified atom stereocenters. The first-order chi connectivity index (χ1) is 14.9. The van der Waals surface area contributed by atoms with Crippen LogP contribution in [0.1, 0.15) is 81.6 Å². The SMILES string of the molecule is NC1CCCCC1.NC1CCCCC1.O=C(S)CC(C(=O)S)c1nc2ccccc2s1. The molecular weight excluding hydrogens is 446 g/mol. The average molecular weight is 482 g/mol. The molecule has 2 fully saturated rings. The van der Waals surface area contributed by atoms with E-state index in [1.54, 1.807) is 0 Å². The van der Waals surface area contributed by atoms with Crippen LogP contribution in [-0.2, 0) is 9.59 Å². The van der Waals surface area contributed by atoms with Crippen LogP contribution in [0, 0.1) is 0 Å². The van der Waals surface area contributed by atoms with Crippen LogP contribution in [0.5, 0.6) is 0 Å². The minimum atomic E-state index is -0.597. The molecule has 1 aromatic heterocycles. The van der Waals surface area contributed by atoms with Gasteiger partial charge in [-0.05, 0) is 37.8 Å². The lowest BCUT2D eigenvalue weighted by Crippen LogP contribution is -2.22. The molecule has 8 heteroatoms. The van der Waals surface area contributed by atoms with Crippen molar-refractivity contribution in [3.63, 3.8) is 0 Å². The van der Waals surface area contributed by atoms with Crippen LogP contribution in [0.4, 0.5) is 0 Å². The van der Waals surface area contributed by atoms with Gasteiger partial charge in [0, 0.05) is 18.5 Å². The molecule has 0 saturated heterocycles. The summed E-state index contributed by atoms with van der Waals surface area (Å²) in [6.45, 7) is 0. The van der Waals surface area contributed by atoms with Crippen LogP contribution in [-0.4, -0.2) is 27.3 Å². The Morgan fingerprint density at radius 2 is 1.45 bits per heavy atom. The molecule has 0 spiro atoms. The van der Waals surface area contributed by atoms with Crippen molar-refractivity contribution in [2.45, 2.75) is 88.6 Å². The van der Waals surface area contributed by atoms with Gasteiger partial charge in [0.25, 0.3) is 0 Å². The zero-order valence-corrected chi connectivity index (χ0v) is 20.6. The maximum absolute atomic E-state index is 11.4. The molecular formula is C23H35N3O2S3. The van der Waals surface area contributed by atoms with Gasteiger partial charge in [-0.1, -0.05) is 50.7 Å². The van der Waals surface area contributed by atoms with Crippen LogP contribution in [0.25, 0.3) is 10.2 Å². The van der Waals surface area contributed by atoms with Crippen molar-refractivity contribution in [1.29, 1.82) is 0 Å². The Morgan fingerprint density at radius 1 is 0.935 bits per heavy atom. The summed E-state index contributed by atoms with van der Waals surface area (Å²) in [6, 6.07) is 8.66. The van der Waals surface area contributed by atoms with Crippen LogP contribution >= 0.6 is 36.6 Å². The third kappa shape index (κ3) is 10.0. The molecule has 172 valence electrons. The smallest absolute Gasteiger partial charge is 0.196 e. The Bertz CT molecular complexity index is 766. The first kappa shape index (κ1) is 26.3. The maximum atomic E-state index is 11.4. The summed E-state index contributed by atoms with van der Waals surface area (Å²) in [5, 5.41) is -0.0725. The number of rotatable bonds is 4. The quantitative estimate of drug-likeness (QED) is 0.448. The molecule has 0 amide bonds. The van der Waals surface area contributed by atoms with Crippen LogP contribution in [0.15, 0.2) is 24.3 Å². The van der Waals surface area contributed by atoms with Crippen molar-refractivity contribution in [3.8, 4) is 0 Å². The zero-order valence-electron chi connectivity index (χ0n) is 18.0. The number of nitrogens with zero attached hydrogens (tertiary/aromatic N) is 1. The third-order valence-electron chi connectivity index (χ3n) is 5.59. The lowest BCUT2D eigenvalue weighted by molar-refractivity contribution is -0.116. The van der Waals surface area contributed by atoms with Gasteiger partial charge in [-0.25, -0.2) is 4.98 Å². The van der Waals surface area contributed by atoms with Gasteiger partial charge in [0.15, 0.2) is 10.2 Å². The van der Waals surface area contributed by atoms with E-state index < -0.39 is 5.92 Å². The molecule has 4 N–H and O–H groups in total. The highest BCUT2D eigenvalue weighted by Gasteiger charge is 2.23. The number of fused-ring (bicyclic) bond motifs is 1. The van der Waals surface area contributed by atoms with E-state index >= 15 is 0 Å². The van der Waals surface area contributed by atoms with Gasteiger partial charge in [0.2, 0.25) is 0 Å². The summed E-state index contributed by atoms with van der Waals surface area (Å²) in [6.07, 6.45) is 13.4. The number of hydrogen-bond donors (Lipinski definition) is 4. The maximum Gasteiger partial charge on any atom is 0.196 e. The largest absolute Gasteiger partial charge is 0.328 e. The van der Waals surface area contributed by atoms with E-state index in [2.05, 4.69) is 30.2 Å². The fraction of sp³-hybridized carbons (Fsp3) is 0.609. The molecule has 0 aliphatic heterocycles. The molecule has 1 atom stereocenters. The first-order valence-corrected chi connectivity index (χ1v) is 12.9. The highest BCUT2D eigenvalue weighted by atomic mass is 32.1. The van der Waals surface area contributed by atoms with E-state index in [1.165, 1.54) is 75.5 Å². The number of aromatic nitrogens is 1. The van der Waals surface area contributed by atoms with Gasteiger partial charge in [-0.3, -0.25) is 9.59 Å². The monoisotopic (exact) mass is 481 g/mol. The van der Waals surface area contributed by atoms with Gasteiger partial charge >= 0.3 is 0 Å². The summed E-state index contributed by atoms with van der Waals surface area (Å²) < 4.78 is 0.994. The predicted octanol–water partition coefficient (Wildman–Crippen LogP) is 5.24. The highest BCUT2D eigenvalue weighted by Crippen LogP contribution is 2.31. The van der Waals surface area contributed by atoms with Crippen molar-refractivity contribution in [2.24, 2.45) is 11.5 Å². The Morgan fingerprint density at radius 3 is 1.84 bits per heavy atom. The molecule has 31 heavy (non-hydrogen) atoms. The highest BCUT2D eigenvalue weighted by molar-refractivity contribution is 7.97. The number of benzene rings is 1. The summed E-state index contributed by atoms with van der Waals surface area (Å²) >= 11 is 8.91. The van der Waals surface area contributed by atoms with Crippen LogP contribution < -0.4 is 11.5 Å². The van der Waals surface area contributed by atoms with Gasteiger partial charge in [-0.2, -0.15) is 0 Å². The van der Waals surface area contributed by atoms with Crippen molar-refractivity contribution in [2.75, 3.05) is 0 Å². The molecule has 5 nitrogen and oxygen atoms in total. The number of thiol groups is 2. The van der Waals surface area contributed by atoms with Crippen molar-refractivity contribution >= 4 is 57.0 Å². The lowest BCUT2D eigenvalue weighted by Gasteiger charge is -2.15. The van der Waals surface area contributed by atoms with Gasteiger partial charge in [0.1, 0.15) is 5.01 Å². The molecule has 0 radical (unpaired) electrons. The van der Waals surface area contributed by atoms with Crippen molar-refractivity contribution in [3.05, 3.63) is 29.3 Å². The minimum Gasteiger partial charge on any atom is -0.328 e. The zero-order chi connectivity index (χ0) is 22.6. The first-order valence-electron chi connectivity index (χ1n) is 11.2. The molecule has 4 rings (SSSR count). The molecule has 0 bridgehead atoms. The van der Waals surface area contributed by atoms with E-state index in [-0.39, 0.29) is 16.7 Å². The second-order valence-corrected chi connectivity index (χ2v) is 10.3. The second kappa shape index (κ2) is 14.3. The van der Waals surface area contributed by atoms with Crippen molar-refractivity contribution in [1.82, 2.24) is 4.98 Å². The minimum absolute atomic E-state index is 0.0330. The Labute approximate surface area is 200 Å². The fourth-order valence-corrected chi connectivity index (χ4v) is 5.31. The fourth-order valence-electron chi connectivity index (χ4n) is 3.76. The number of carbonyl (C=O) groups is 2. The Balaban J connectivity index is 0.000000199. The molecule has 2 aromatic rings. The van der Waals surface area contributed by atoms with E-state index in [4.69, 9.17) is 11.5 Å². The summed E-state index contributed by atoms with van der Waals surface area (Å²) in [7, 11) is 0. The number of carbonyl (C=O) groups excluding carboxylic acids is 2. The number of hydrogen-bond acceptors (Lipinski definition) is 6. The molecule has 2 saturated carbocycles. The van der Waals surface area contributed by atoms with E-state index in [0.29, 0.717) is 17.1 Å². The number of nitrogens with two attached hydrogens (primary N) is 2. The van der Waals surface area contributed by atoms with Gasteiger partial charge in [0.05, 0.1) is 16.1 Å². The van der Waals surface area contributed by atoms with Gasteiger partial charge < -0.3 is 11.5 Å². The van der Waals surface area contributed by atoms with Gasteiger partial charge in [-0.15, -0.1) is 36.6 Å². The molecule has 1 heterocycles. The second-order valence-electron chi connectivity index (χ2n) is 8.30. The number of thiazole rings is 1. The Kier molecular flexibility index (Phi) is 12.1. The van der Waals surface area contributed by atoms with Crippen LogP contribution in [0.2, 0.25) is 0 Å². The lowest BCUT2D eigenvalue weighted by atomic mass is 9.97.